The van der Waals surface area contributed by atoms with Gasteiger partial charge in [0.15, 0.2) is 6.10 Å². The second-order valence-corrected chi connectivity index (χ2v) is 8.80. The number of hydrogen-bond donors (Lipinski definition) is 2. The molecule has 0 spiro atoms. The van der Waals surface area contributed by atoms with Gasteiger partial charge in [0.1, 0.15) is 5.92 Å². The third-order valence-corrected chi connectivity index (χ3v) is 6.01. The molecule has 3 atom stereocenters. The standard InChI is InChI=1S/C19H16Cl2F3N3O3S/c1-9-15(17(29)25-7-13(28)19(22,23)24)18(30)27(12-6-14(21)31-8-12)26-16(9)10-2-4-11(20)5-3-10/h2-6,8-9,13,15,28H,7H2,1H3,(H,25,29)/t9?,13-,15?/m0/s1. The zero-order valence-electron chi connectivity index (χ0n) is 15.9. The molecule has 1 aromatic carbocycles. The summed E-state index contributed by atoms with van der Waals surface area (Å²) in [5.41, 5.74) is 1.28. The Morgan fingerprint density at radius 3 is 2.52 bits per heavy atom. The number of anilines is 1. The molecule has 2 N–H and O–H groups in total. The van der Waals surface area contributed by atoms with E-state index >= 15 is 0 Å². The van der Waals surface area contributed by atoms with Gasteiger partial charge in [-0.1, -0.05) is 42.3 Å². The summed E-state index contributed by atoms with van der Waals surface area (Å²) in [6.07, 6.45) is -7.65. The van der Waals surface area contributed by atoms with Crippen LogP contribution in [-0.4, -0.2) is 41.5 Å². The third kappa shape index (κ3) is 5.20. The Bertz CT molecular complexity index is 1010. The number of nitrogens with one attached hydrogen (secondary N) is 1. The van der Waals surface area contributed by atoms with Crippen molar-refractivity contribution in [3.63, 3.8) is 0 Å². The van der Waals surface area contributed by atoms with Crippen LogP contribution in [0.1, 0.15) is 12.5 Å². The zero-order valence-corrected chi connectivity index (χ0v) is 18.2. The first-order chi connectivity index (χ1) is 14.5. The molecule has 3 rings (SSSR count). The van der Waals surface area contributed by atoms with Crippen LogP contribution in [0.25, 0.3) is 0 Å². The number of hydrazone groups is 1. The lowest BCUT2D eigenvalue weighted by Gasteiger charge is -2.33. The fraction of sp³-hybridized carbons (Fsp3) is 0.316. The third-order valence-electron chi connectivity index (χ3n) is 4.68. The molecule has 0 saturated carbocycles. The van der Waals surface area contributed by atoms with E-state index in [2.05, 4.69) is 5.10 Å². The summed E-state index contributed by atoms with van der Waals surface area (Å²) in [7, 11) is 0. The Kier molecular flexibility index (Phi) is 6.95. The molecule has 0 radical (unpaired) electrons. The minimum atomic E-state index is -4.90. The maximum Gasteiger partial charge on any atom is 0.416 e. The van der Waals surface area contributed by atoms with Crippen molar-refractivity contribution in [2.45, 2.75) is 19.2 Å². The minimum absolute atomic E-state index is 0.325. The molecule has 2 unspecified atom stereocenters. The highest BCUT2D eigenvalue weighted by atomic mass is 35.5. The molecular formula is C19H16Cl2F3N3O3S. The molecule has 0 fully saturated rings. The summed E-state index contributed by atoms with van der Waals surface area (Å²) in [6, 6.07) is 8.04. The molecule has 0 aliphatic carbocycles. The van der Waals surface area contributed by atoms with Crippen molar-refractivity contribution in [2.75, 3.05) is 11.6 Å². The monoisotopic (exact) mass is 493 g/mol. The zero-order chi connectivity index (χ0) is 22.9. The number of rotatable bonds is 5. The van der Waals surface area contributed by atoms with Gasteiger partial charge in [-0.2, -0.15) is 23.3 Å². The molecule has 1 aliphatic heterocycles. The number of aliphatic hydroxyl groups is 1. The second kappa shape index (κ2) is 9.15. The van der Waals surface area contributed by atoms with Crippen LogP contribution in [0.15, 0.2) is 40.8 Å². The summed E-state index contributed by atoms with van der Waals surface area (Å²) < 4.78 is 38.1. The van der Waals surface area contributed by atoms with Crippen LogP contribution in [0, 0.1) is 11.8 Å². The van der Waals surface area contributed by atoms with Gasteiger partial charge in [0.25, 0.3) is 5.91 Å². The Morgan fingerprint density at radius 1 is 1.32 bits per heavy atom. The fourth-order valence-corrected chi connectivity index (χ4v) is 4.01. The summed E-state index contributed by atoms with van der Waals surface area (Å²) in [5, 5.41) is 18.6. The van der Waals surface area contributed by atoms with Crippen molar-refractivity contribution in [1.29, 1.82) is 0 Å². The van der Waals surface area contributed by atoms with E-state index in [1.165, 1.54) is 6.07 Å². The van der Waals surface area contributed by atoms with Crippen LogP contribution in [0.4, 0.5) is 18.9 Å². The van der Waals surface area contributed by atoms with Gasteiger partial charge in [0, 0.05) is 16.3 Å². The number of halogens is 5. The number of carbonyl (C=O) groups excluding carboxylic acids is 2. The lowest BCUT2D eigenvalue weighted by molar-refractivity contribution is -0.202. The van der Waals surface area contributed by atoms with Gasteiger partial charge in [-0.05, 0) is 23.8 Å². The van der Waals surface area contributed by atoms with E-state index < -0.39 is 42.5 Å². The summed E-state index contributed by atoms with van der Waals surface area (Å²) in [6.45, 7) is 0.504. The summed E-state index contributed by atoms with van der Waals surface area (Å²) in [4.78, 5) is 25.8. The number of benzene rings is 1. The van der Waals surface area contributed by atoms with Crippen LogP contribution in [0.5, 0.6) is 0 Å². The quantitative estimate of drug-likeness (QED) is 0.615. The first-order valence-electron chi connectivity index (χ1n) is 8.94. The summed E-state index contributed by atoms with van der Waals surface area (Å²) in [5.74, 6) is -3.81. The first kappa shape index (κ1) is 23.5. The highest BCUT2D eigenvalue weighted by Crippen LogP contribution is 2.34. The van der Waals surface area contributed by atoms with E-state index in [4.69, 9.17) is 28.3 Å². The van der Waals surface area contributed by atoms with Crippen molar-refractivity contribution in [3.8, 4) is 0 Å². The lowest BCUT2D eigenvalue weighted by atomic mass is 9.83. The topological polar surface area (TPSA) is 82.0 Å². The van der Waals surface area contributed by atoms with Crippen molar-refractivity contribution < 1.29 is 27.9 Å². The number of carbonyl (C=O) groups is 2. The van der Waals surface area contributed by atoms with Gasteiger partial charge in [0.2, 0.25) is 5.91 Å². The maximum atomic E-state index is 13.1. The van der Waals surface area contributed by atoms with Crippen molar-refractivity contribution in [2.24, 2.45) is 16.9 Å². The number of thiophene rings is 1. The molecule has 166 valence electrons. The average Bonchev–Trinajstić information content (AvgIpc) is 3.12. The number of alkyl halides is 3. The molecule has 2 aromatic rings. The van der Waals surface area contributed by atoms with E-state index in [9.17, 15) is 22.8 Å². The summed E-state index contributed by atoms with van der Waals surface area (Å²) >= 11 is 13.0. The lowest BCUT2D eigenvalue weighted by Crippen LogP contribution is -2.52. The minimum Gasteiger partial charge on any atom is -0.382 e. The van der Waals surface area contributed by atoms with Crippen LogP contribution in [0.2, 0.25) is 9.36 Å². The van der Waals surface area contributed by atoms with E-state index in [1.807, 2.05) is 5.32 Å². The van der Waals surface area contributed by atoms with Gasteiger partial charge in [-0.15, -0.1) is 11.3 Å². The Hall–Kier alpha value is -2.14. The molecular weight excluding hydrogens is 478 g/mol. The van der Waals surface area contributed by atoms with E-state index in [0.717, 1.165) is 16.3 Å². The molecule has 0 bridgehead atoms. The van der Waals surface area contributed by atoms with Crippen LogP contribution in [0.3, 0.4) is 0 Å². The Morgan fingerprint density at radius 2 is 1.97 bits per heavy atom. The maximum absolute atomic E-state index is 13.1. The van der Waals surface area contributed by atoms with Gasteiger partial charge in [-0.25, -0.2) is 0 Å². The van der Waals surface area contributed by atoms with Crippen LogP contribution >= 0.6 is 34.5 Å². The van der Waals surface area contributed by atoms with Gasteiger partial charge in [0.05, 0.1) is 22.3 Å². The highest BCUT2D eigenvalue weighted by molar-refractivity contribution is 7.14. The number of amides is 2. The van der Waals surface area contributed by atoms with Crippen molar-refractivity contribution >= 4 is 57.8 Å². The van der Waals surface area contributed by atoms with Crippen molar-refractivity contribution in [3.05, 3.63) is 50.6 Å². The average molecular weight is 494 g/mol. The predicted molar refractivity (Wildman–Crippen MR) is 113 cm³/mol. The molecule has 1 aliphatic rings. The van der Waals surface area contributed by atoms with Crippen LogP contribution < -0.4 is 10.3 Å². The molecule has 1 aromatic heterocycles. The molecule has 2 heterocycles. The molecule has 12 heteroatoms. The van der Waals surface area contributed by atoms with Gasteiger partial charge < -0.3 is 10.4 Å². The SMILES string of the molecule is CC1C(c2ccc(Cl)cc2)=NN(c2csc(Cl)c2)C(=O)C1C(=O)NC[C@H](O)C(F)(F)F. The van der Waals surface area contributed by atoms with Crippen LogP contribution in [-0.2, 0) is 9.59 Å². The number of nitrogens with zero attached hydrogens (tertiary/aromatic N) is 2. The predicted octanol–water partition coefficient (Wildman–Crippen LogP) is 4.10. The second-order valence-electron chi connectivity index (χ2n) is 6.82. The van der Waals surface area contributed by atoms with E-state index in [1.54, 1.807) is 36.6 Å². The fourth-order valence-electron chi connectivity index (χ4n) is 3.05. The van der Waals surface area contributed by atoms with E-state index in [0.29, 0.717) is 26.3 Å². The molecule has 0 saturated heterocycles. The van der Waals surface area contributed by atoms with Gasteiger partial charge >= 0.3 is 6.18 Å². The number of hydrogen-bond acceptors (Lipinski definition) is 5. The Labute approximate surface area is 189 Å². The normalized spacial score (nSPS) is 20.4. The smallest absolute Gasteiger partial charge is 0.382 e. The van der Waals surface area contributed by atoms with Gasteiger partial charge in [-0.3, -0.25) is 9.59 Å². The first-order valence-corrected chi connectivity index (χ1v) is 10.6. The largest absolute Gasteiger partial charge is 0.416 e. The molecule has 31 heavy (non-hydrogen) atoms. The Balaban J connectivity index is 1.95. The molecule has 6 nitrogen and oxygen atoms in total. The molecule has 2 amide bonds. The van der Waals surface area contributed by atoms with E-state index in [-0.39, 0.29) is 0 Å². The number of aliphatic hydroxyl groups excluding tert-OH is 1. The highest BCUT2D eigenvalue weighted by Gasteiger charge is 2.44. The van der Waals surface area contributed by atoms with Crippen molar-refractivity contribution in [1.82, 2.24) is 5.32 Å².